The normalized spacial score (nSPS) is 11.0. The van der Waals surface area contributed by atoms with Crippen molar-refractivity contribution >= 4 is 15.9 Å². The maximum Gasteiger partial charge on any atom is 0.240 e. The molecule has 8 heteroatoms. The fourth-order valence-corrected chi connectivity index (χ4v) is 2.62. The van der Waals surface area contributed by atoms with Crippen LogP contribution in [0.3, 0.4) is 0 Å². The first kappa shape index (κ1) is 16.3. The quantitative estimate of drug-likeness (QED) is 0.765. The summed E-state index contributed by atoms with van der Waals surface area (Å²) in [5.41, 5.74) is 0.330. The standard InChI is InChI=1S/C12H18N2O5S/c1-13-12(15)6-8-5-9(18-3)10(19-4)7-11(8)20(16,17)14-2/h5,7,14H,6H2,1-4H3,(H,13,15). The zero-order chi connectivity index (χ0) is 15.3. The highest BCUT2D eigenvalue weighted by Crippen LogP contribution is 2.32. The molecule has 7 nitrogen and oxygen atoms in total. The predicted molar refractivity (Wildman–Crippen MR) is 73.6 cm³/mol. The first-order chi connectivity index (χ1) is 9.39. The molecule has 0 heterocycles. The predicted octanol–water partition coefficient (Wildman–Crippen LogP) is -0.0996. The Morgan fingerprint density at radius 3 is 2.15 bits per heavy atom. The van der Waals surface area contributed by atoms with Crippen molar-refractivity contribution in [2.75, 3.05) is 28.3 Å². The molecule has 0 radical (unpaired) electrons. The summed E-state index contributed by atoms with van der Waals surface area (Å²) < 4.78 is 36.5. The molecule has 112 valence electrons. The van der Waals surface area contributed by atoms with E-state index in [-0.39, 0.29) is 23.0 Å². The van der Waals surface area contributed by atoms with E-state index in [2.05, 4.69) is 10.0 Å². The van der Waals surface area contributed by atoms with Gasteiger partial charge in [0.15, 0.2) is 11.5 Å². The number of hydrogen-bond acceptors (Lipinski definition) is 5. The van der Waals surface area contributed by atoms with E-state index < -0.39 is 10.0 Å². The van der Waals surface area contributed by atoms with Crippen LogP contribution in [0.25, 0.3) is 0 Å². The van der Waals surface area contributed by atoms with E-state index >= 15 is 0 Å². The average molecular weight is 302 g/mol. The molecule has 1 aromatic rings. The molecule has 0 aliphatic rings. The van der Waals surface area contributed by atoms with Crippen LogP contribution in [0.2, 0.25) is 0 Å². The van der Waals surface area contributed by atoms with Crippen LogP contribution in [0.1, 0.15) is 5.56 Å². The van der Waals surface area contributed by atoms with Crippen LogP contribution in [0, 0.1) is 0 Å². The third-order valence-electron chi connectivity index (χ3n) is 2.75. The summed E-state index contributed by atoms with van der Waals surface area (Å²) in [6.07, 6.45) is -0.0763. The Bertz CT molecular complexity index is 598. The van der Waals surface area contributed by atoms with Crippen LogP contribution in [-0.2, 0) is 21.2 Å². The molecule has 0 unspecified atom stereocenters. The van der Waals surface area contributed by atoms with Crippen molar-refractivity contribution in [2.45, 2.75) is 11.3 Å². The van der Waals surface area contributed by atoms with Gasteiger partial charge in [0.1, 0.15) is 0 Å². The zero-order valence-electron chi connectivity index (χ0n) is 11.8. The first-order valence-electron chi connectivity index (χ1n) is 5.78. The molecule has 0 aliphatic heterocycles. The van der Waals surface area contributed by atoms with Crippen molar-refractivity contribution in [1.29, 1.82) is 0 Å². The molecular weight excluding hydrogens is 284 g/mol. The van der Waals surface area contributed by atoms with Crippen molar-refractivity contribution in [3.8, 4) is 11.5 Å². The largest absolute Gasteiger partial charge is 0.493 e. The van der Waals surface area contributed by atoms with E-state index in [1.54, 1.807) is 0 Å². The lowest BCUT2D eigenvalue weighted by Crippen LogP contribution is -2.24. The van der Waals surface area contributed by atoms with Crippen LogP contribution in [0.5, 0.6) is 11.5 Å². The van der Waals surface area contributed by atoms with Crippen molar-refractivity contribution in [3.05, 3.63) is 17.7 Å². The van der Waals surface area contributed by atoms with Gasteiger partial charge in [0.05, 0.1) is 25.5 Å². The molecule has 0 aliphatic carbocycles. The summed E-state index contributed by atoms with van der Waals surface area (Å²) in [4.78, 5) is 11.5. The Hall–Kier alpha value is -1.80. The number of benzene rings is 1. The van der Waals surface area contributed by atoms with Gasteiger partial charge in [-0.15, -0.1) is 0 Å². The van der Waals surface area contributed by atoms with Gasteiger partial charge in [-0.3, -0.25) is 4.79 Å². The molecule has 0 saturated carbocycles. The number of hydrogen-bond donors (Lipinski definition) is 2. The van der Waals surface area contributed by atoms with Gasteiger partial charge in [-0.05, 0) is 18.7 Å². The highest BCUT2D eigenvalue weighted by atomic mass is 32.2. The second-order valence-corrected chi connectivity index (χ2v) is 5.73. The minimum absolute atomic E-state index is 0.0127. The minimum atomic E-state index is -3.71. The average Bonchev–Trinajstić information content (AvgIpc) is 2.46. The number of ether oxygens (including phenoxy) is 2. The minimum Gasteiger partial charge on any atom is -0.493 e. The maximum absolute atomic E-state index is 12.0. The van der Waals surface area contributed by atoms with E-state index in [9.17, 15) is 13.2 Å². The molecule has 1 amide bonds. The van der Waals surface area contributed by atoms with Crippen molar-refractivity contribution in [3.63, 3.8) is 0 Å². The Kier molecular flexibility index (Phi) is 5.34. The molecule has 0 aromatic heterocycles. The second kappa shape index (κ2) is 6.58. The summed E-state index contributed by atoms with van der Waals surface area (Å²) in [5.74, 6) is 0.341. The summed E-state index contributed by atoms with van der Waals surface area (Å²) >= 11 is 0. The van der Waals surface area contributed by atoms with Gasteiger partial charge in [0.2, 0.25) is 15.9 Å². The third kappa shape index (κ3) is 3.40. The summed E-state index contributed by atoms with van der Waals surface area (Å²) in [6.45, 7) is 0. The summed E-state index contributed by atoms with van der Waals surface area (Å²) in [5, 5.41) is 2.45. The Balaban J connectivity index is 3.48. The van der Waals surface area contributed by atoms with Crippen LogP contribution in [-0.4, -0.2) is 42.6 Å². The molecule has 0 atom stereocenters. The molecule has 20 heavy (non-hydrogen) atoms. The Morgan fingerprint density at radius 1 is 1.15 bits per heavy atom. The van der Waals surface area contributed by atoms with Crippen molar-refractivity contribution in [2.24, 2.45) is 0 Å². The van der Waals surface area contributed by atoms with Gasteiger partial charge in [-0.1, -0.05) is 0 Å². The molecule has 0 bridgehead atoms. The van der Waals surface area contributed by atoms with Crippen molar-refractivity contribution in [1.82, 2.24) is 10.0 Å². The monoisotopic (exact) mass is 302 g/mol. The molecule has 0 spiro atoms. The Labute approximate surface area is 118 Å². The summed E-state index contributed by atoms with van der Waals surface area (Å²) in [6, 6.07) is 2.82. The number of rotatable bonds is 6. The number of likely N-dealkylation sites (N-methyl/N-ethyl adjacent to an activating group) is 1. The smallest absolute Gasteiger partial charge is 0.240 e. The van der Waals surface area contributed by atoms with Crippen LogP contribution >= 0.6 is 0 Å². The topological polar surface area (TPSA) is 93.7 Å². The van der Waals surface area contributed by atoms with E-state index in [0.29, 0.717) is 11.3 Å². The Morgan fingerprint density at radius 2 is 1.70 bits per heavy atom. The van der Waals surface area contributed by atoms with E-state index in [1.165, 1.54) is 40.4 Å². The lowest BCUT2D eigenvalue weighted by atomic mass is 10.1. The number of methoxy groups -OCH3 is 2. The highest BCUT2D eigenvalue weighted by Gasteiger charge is 2.22. The number of sulfonamides is 1. The van der Waals surface area contributed by atoms with Gasteiger partial charge in [-0.2, -0.15) is 0 Å². The van der Waals surface area contributed by atoms with Gasteiger partial charge in [0, 0.05) is 13.1 Å². The van der Waals surface area contributed by atoms with E-state index in [4.69, 9.17) is 9.47 Å². The lowest BCUT2D eigenvalue weighted by Gasteiger charge is -2.14. The zero-order valence-corrected chi connectivity index (χ0v) is 12.6. The molecule has 0 saturated heterocycles. The van der Waals surface area contributed by atoms with Crippen molar-refractivity contribution < 1.29 is 22.7 Å². The molecular formula is C12H18N2O5S. The lowest BCUT2D eigenvalue weighted by molar-refractivity contribution is -0.119. The van der Waals surface area contributed by atoms with Crippen LogP contribution < -0.4 is 19.5 Å². The van der Waals surface area contributed by atoms with E-state index in [0.717, 1.165) is 0 Å². The van der Waals surface area contributed by atoms with Gasteiger partial charge < -0.3 is 14.8 Å². The summed E-state index contributed by atoms with van der Waals surface area (Å²) in [7, 11) is 1.92. The SMILES string of the molecule is CNC(=O)Cc1cc(OC)c(OC)cc1S(=O)(=O)NC. The van der Waals surface area contributed by atoms with E-state index in [1.807, 2.05) is 0 Å². The third-order valence-corrected chi connectivity index (χ3v) is 4.25. The first-order valence-corrected chi connectivity index (χ1v) is 7.27. The molecule has 0 fully saturated rings. The number of carbonyl (C=O) groups excluding carboxylic acids is 1. The van der Waals surface area contributed by atoms with Crippen LogP contribution in [0.15, 0.2) is 17.0 Å². The highest BCUT2D eigenvalue weighted by molar-refractivity contribution is 7.89. The maximum atomic E-state index is 12.0. The second-order valence-electron chi connectivity index (χ2n) is 3.87. The molecule has 2 N–H and O–H groups in total. The fourth-order valence-electron chi connectivity index (χ4n) is 1.66. The molecule has 1 aromatic carbocycles. The number of nitrogens with one attached hydrogen (secondary N) is 2. The van der Waals surface area contributed by atoms with Gasteiger partial charge in [0.25, 0.3) is 0 Å². The number of amides is 1. The van der Waals surface area contributed by atoms with Crippen LogP contribution in [0.4, 0.5) is 0 Å². The van der Waals surface area contributed by atoms with Gasteiger partial charge >= 0.3 is 0 Å². The molecule has 1 rings (SSSR count). The number of carbonyl (C=O) groups is 1. The van der Waals surface area contributed by atoms with Gasteiger partial charge in [-0.25, -0.2) is 13.1 Å². The fraction of sp³-hybridized carbons (Fsp3) is 0.417.